The molecule has 2 aliphatic rings. The van der Waals surface area contributed by atoms with E-state index >= 15 is 0 Å². The molecule has 3 aromatic rings. The third-order valence-electron chi connectivity index (χ3n) is 6.85. The average molecular weight is 538 g/mol. The molecule has 2 aliphatic heterocycles. The van der Waals surface area contributed by atoms with Crippen molar-refractivity contribution in [3.63, 3.8) is 0 Å². The molecule has 0 spiro atoms. The highest BCUT2D eigenvalue weighted by molar-refractivity contribution is 8.16. The van der Waals surface area contributed by atoms with Gasteiger partial charge in [-0.1, -0.05) is 102 Å². The number of carbonyl (C=O) groups excluding carboxylic acids is 2. The van der Waals surface area contributed by atoms with Crippen molar-refractivity contribution in [1.29, 1.82) is 0 Å². The van der Waals surface area contributed by atoms with Crippen molar-refractivity contribution in [2.45, 2.75) is 39.5 Å². The number of rotatable bonds is 8. The SMILES string of the molecule is CC1=C(C(=O)OCc2ccccc2)C(c2ccc(C)cc2)N2C(CC(=O)N(C)Cc3ccccc3)=CSC2=N1. The van der Waals surface area contributed by atoms with Gasteiger partial charge in [0, 0.05) is 19.3 Å². The van der Waals surface area contributed by atoms with E-state index in [0.29, 0.717) is 17.8 Å². The van der Waals surface area contributed by atoms with Crippen LogP contribution in [0.3, 0.4) is 0 Å². The third kappa shape index (κ3) is 5.99. The second kappa shape index (κ2) is 11.7. The van der Waals surface area contributed by atoms with Gasteiger partial charge in [-0.2, -0.15) is 0 Å². The molecular weight excluding hydrogens is 506 g/mol. The van der Waals surface area contributed by atoms with E-state index in [9.17, 15) is 9.59 Å². The summed E-state index contributed by atoms with van der Waals surface area (Å²) >= 11 is 1.48. The zero-order valence-electron chi connectivity index (χ0n) is 22.3. The van der Waals surface area contributed by atoms with Crippen molar-refractivity contribution in [3.8, 4) is 0 Å². The van der Waals surface area contributed by atoms with Crippen LogP contribution in [0.15, 0.2) is 112 Å². The Labute approximate surface area is 233 Å². The topological polar surface area (TPSA) is 62.2 Å². The Morgan fingerprint density at radius 1 is 0.923 bits per heavy atom. The van der Waals surface area contributed by atoms with Crippen LogP contribution >= 0.6 is 11.8 Å². The summed E-state index contributed by atoms with van der Waals surface area (Å²) in [6.07, 6.45) is 0.198. The molecule has 0 aromatic heterocycles. The van der Waals surface area contributed by atoms with E-state index in [4.69, 9.17) is 9.73 Å². The minimum atomic E-state index is -0.449. The van der Waals surface area contributed by atoms with Crippen LogP contribution in [0.5, 0.6) is 0 Å². The molecule has 6 nitrogen and oxygen atoms in total. The number of esters is 1. The maximum Gasteiger partial charge on any atom is 0.338 e. The number of allylic oxidation sites excluding steroid dienone is 1. The molecule has 0 fully saturated rings. The summed E-state index contributed by atoms with van der Waals surface area (Å²) in [6, 6.07) is 27.3. The van der Waals surface area contributed by atoms with Crippen LogP contribution < -0.4 is 0 Å². The molecule has 39 heavy (non-hydrogen) atoms. The van der Waals surface area contributed by atoms with E-state index < -0.39 is 12.0 Å². The van der Waals surface area contributed by atoms with Gasteiger partial charge in [-0.05, 0) is 35.9 Å². The van der Waals surface area contributed by atoms with E-state index in [-0.39, 0.29) is 18.9 Å². The summed E-state index contributed by atoms with van der Waals surface area (Å²) in [5.74, 6) is -0.414. The van der Waals surface area contributed by atoms with Crippen molar-refractivity contribution in [1.82, 2.24) is 9.80 Å². The molecule has 3 aromatic carbocycles. The molecule has 1 amide bonds. The zero-order valence-corrected chi connectivity index (χ0v) is 23.2. The average Bonchev–Trinajstić information content (AvgIpc) is 3.34. The number of nitrogens with zero attached hydrogens (tertiary/aromatic N) is 3. The first-order chi connectivity index (χ1) is 18.9. The second-order valence-electron chi connectivity index (χ2n) is 9.78. The summed E-state index contributed by atoms with van der Waals surface area (Å²) in [6.45, 7) is 4.58. The van der Waals surface area contributed by atoms with Crippen LogP contribution in [0.4, 0.5) is 0 Å². The molecular formula is C32H31N3O3S. The van der Waals surface area contributed by atoms with E-state index in [1.54, 1.807) is 4.90 Å². The molecule has 1 unspecified atom stereocenters. The number of amidine groups is 1. The Morgan fingerprint density at radius 2 is 1.56 bits per heavy atom. The number of hydrogen-bond donors (Lipinski definition) is 0. The first-order valence-electron chi connectivity index (χ1n) is 12.9. The molecule has 7 heteroatoms. The molecule has 0 N–H and O–H groups in total. The van der Waals surface area contributed by atoms with E-state index in [1.807, 2.05) is 116 Å². The molecule has 198 valence electrons. The number of aryl methyl sites for hydroxylation is 1. The lowest BCUT2D eigenvalue weighted by Gasteiger charge is -2.36. The number of ether oxygens (including phenoxy) is 1. The van der Waals surface area contributed by atoms with E-state index in [1.165, 1.54) is 11.8 Å². The Hall–Kier alpha value is -4.10. The lowest BCUT2D eigenvalue weighted by atomic mass is 9.93. The fourth-order valence-electron chi connectivity index (χ4n) is 4.73. The molecule has 0 saturated heterocycles. The van der Waals surface area contributed by atoms with Crippen LogP contribution in [0, 0.1) is 6.92 Å². The van der Waals surface area contributed by atoms with Crippen molar-refractivity contribution in [2.75, 3.05) is 7.05 Å². The Balaban J connectivity index is 1.41. The minimum absolute atomic E-state index is 0.00547. The molecule has 2 heterocycles. The minimum Gasteiger partial charge on any atom is -0.457 e. The summed E-state index contributed by atoms with van der Waals surface area (Å²) in [5, 5.41) is 2.73. The van der Waals surface area contributed by atoms with Crippen LogP contribution in [-0.2, 0) is 27.5 Å². The standard InChI is InChI=1S/C32H31N3O3S/c1-22-14-16-26(17-15-22)30-29(31(37)38-20-25-12-8-5-9-13-25)23(2)33-32-35(30)27(21-39-32)18-28(36)34(3)19-24-10-6-4-7-11-24/h4-17,21,30H,18-20H2,1-3H3. The van der Waals surface area contributed by atoms with Crippen LogP contribution in [-0.4, -0.2) is 33.9 Å². The molecule has 0 bridgehead atoms. The Kier molecular flexibility index (Phi) is 7.98. The van der Waals surface area contributed by atoms with Gasteiger partial charge in [-0.15, -0.1) is 0 Å². The van der Waals surface area contributed by atoms with Crippen molar-refractivity contribution < 1.29 is 14.3 Å². The smallest absolute Gasteiger partial charge is 0.338 e. The molecule has 0 aliphatic carbocycles. The zero-order chi connectivity index (χ0) is 27.4. The van der Waals surface area contributed by atoms with Crippen LogP contribution in [0.25, 0.3) is 0 Å². The largest absolute Gasteiger partial charge is 0.457 e. The Morgan fingerprint density at radius 3 is 2.23 bits per heavy atom. The van der Waals surface area contributed by atoms with Crippen molar-refractivity contribution in [3.05, 3.63) is 130 Å². The van der Waals surface area contributed by atoms with Crippen molar-refractivity contribution >= 4 is 28.8 Å². The van der Waals surface area contributed by atoms with E-state index in [0.717, 1.165) is 33.1 Å². The summed E-state index contributed by atoms with van der Waals surface area (Å²) in [7, 11) is 1.82. The first kappa shape index (κ1) is 26.5. The van der Waals surface area contributed by atoms with Gasteiger partial charge in [0.2, 0.25) is 5.91 Å². The normalized spacial score (nSPS) is 16.4. The number of amides is 1. The fraction of sp³-hybridized carbons (Fsp3) is 0.219. The Bertz CT molecular complexity index is 1450. The lowest BCUT2D eigenvalue weighted by Crippen LogP contribution is -2.38. The highest BCUT2D eigenvalue weighted by Crippen LogP contribution is 2.45. The molecule has 1 atom stereocenters. The van der Waals surface area contributed by atoms with Crippen LogP contribution in [0.1, 0.15) is 41.6 Å². The van der Waals surface area contributed by atoms with Gasteiger partial charge in [-0.25, -0.2) is 9.79 Å². The lowest BCUT2D eigenvalue weighted by molar-refractivity contribution is -0.141. The van der Waals surface area contributed by atoms with Gasteiger partial charge >= 0.3 is 5.97 Å². The van der Waals surface area contributed by atoms with Gasteiger partial charge in [0.05, 0.1) is 23.7 Å². The maximum atomic E-state index is 13.6. The van der Waals surface area contributed by atoms with Crippen LogP contribution in [0.2, 0.25) is 0 Å². The summed E-state index contributed by atoms with van der Waals surface area (Å²) in [5.41, 5.74) is 5.98. The second-order valence-corrected chi connectivity index (χ2v) is 10.6. The monoisotopic (exact) mass is 537 g/mol. The first-order valence-corrected chi connectivity index (χ1v) is 13.8. The van der Waals surface area contributed by atoms with Gasteiger partial charge in [-0.3, -0.25) is 4.79 Å². The number of fused-ring (bicyclic) bond motifs is 1. The predicted molar refractivity (Wildman–Crippen MR) is 155 cm³/mol. The number of carbonyl (C=O) groups is 2. The van der Waals surface area contributed by atoms with E-state index in [2.05, 4.69) is 0 Å². The van der Waals surface area contributed by atoms with Gasteiger partial charge in [0.25, 0.3) is 0 Å². The summed E-state index contributed by atoms with van der Waals surface area (Å²) in [4.78, 5) is 35.4. The van der Waals surface area contributed by atoms with Gasteiger partial charge in [0.15, 0.2) is 5.17 Å². The van der Waals surface area contributed by atoms with Gasteiger partial charge < -0.3 is 14.5 Å². The number of benzene rings is 3. The molecule has 5 rings (SSSR count). The molecule has 0 radical (unpaired) electrons. The quantitative estimate of drug-likeness (QED) is 0.313. The number of thioether (sulfide) groups is 1. The highest BCUT2D eigenvalue weighted by atomic mass is 32.2. The highest BCUT2D eigenvalue weighted by Gasteiger charge is 2.41. The third-order valence-corrected chi connectivity index (χ3v) is 7.74. The fourth-order valence-corrected chi connectivity index (χ4v) is 5.70. The molecule has 0 saturated carbocycles. The summed E-state index contributed by atoms with van der Waals surface area (Å²) < 4.78 is 5.79. The number of aliphatic imine (C=N–C) groups is 1. The van der Waals surface area contributed by atoms with Crippen molar-refractivity contribution in [2.24, 2.45) is 4.99 Å². The maximum absolute atomic E-state index is 13.6. The predicted octanol–water partition coefficient (Wildman–Crippen LogP) is 6.36. The van der Waals surface area contributed by atoms with Gasteiger partial charge in [0.1, 0.15) is 6.61 Å². The number of hydrogen-bond acceptors (Lipinski definition) is 6.